The molecule has 3 aromatic rings. The molecule has 0 heterocycles. The normalized spacial score (nSPS) is 11.7. The van der Waals surface area contributed by atoms with E-state index in [4.69, 9.17) is 0 Å². The van der Waals surface area contributed by atoms with Crippen molar-refractivity contribution in [3.8, 4) is 0 Å². The summed E-state index contributed by atoms with van der Waals surface area (Å²) in [7, 11) is 0. The topological polar surface area (TPSA) is 49.4 Å². The molecule has 4 nitrogen and oxygen atoms in total. The number of aryl methyl sites for hydroxylation is 2. The third-order valence-electron chi connectivity index (χ3n) is 5.86. The van der Waals surface area contributed by atoms with Crippen LogP contribution in [0.5, 0.6) is 0 Å². The van der Waals surface area contributed by atoms with E-state index in [2.05, 4.69) is 53.3 Å². The molecule has 36 heavy (non-hydrogen) atoms. The summed E-state index contributed by atoms with van der Waals surface area (Å²) in [5.74, 6) is 0.937. The molecule has 3 aromatic carbocycles. The highest BCUT2D eigenvalue weighted by Gasteiger charge is 2.30. The van der Waals surface area contributed by atoms with E-state index in [1.807, 2.05) is 61.5 Å². The number of nitrogens with one attached hydrogen (secondary N) is 1. The van der Waals surface area contributed by atoms with Gasteiger partial charge in [0.2, 0.25) is 11.8 Å². The van der Waals surface area contributed by atoms with Gasteiger partial charge in [-0.1, -0.05) is 94.6 Å². The zero-order valence-electron chi connectivity index (χ0n) is 21.3. The number of amides is 2. The van der Waals surface area contributed by atoms with E-state index >= 15 is 0 Å². The fourth-order valence-corrected chi connectivity index (χ4v) is 5.31. The molecule has 6 heteroatoms. The lowest BCUT2D eigenvalue weighted by Crippen LogP contribution is -2.51. The number of benzene rings is 3. The van der Waals surface area contributed by atoms with E-state index < -0.39 is 6.04 Å². The van der Waals surface area contributed by atoms with Gasteiger partial charge in [0.15, 0.2) is 0 Å². The van der Waals surface area contributed by atoms with Gasteiger partial charge in [-0.3, -0.25) is 9.59 Å². The molecule has 0 aliphatic carbocycles. The molecular formula is C30H35BrN2O2S. The average Bonchev–Trinajstić information content (AvgIpc) is 2.85. The molecule has 1 atom stereocenters. The lowest BCUT2D eigenvalue weighted by atomic mass is 10.0. The Morgan fingerprint density at radius 2 is 1.58 bits per heavy atom. The van der Waals surface area contributed by atoms with E-state index in [0.29, 0.717) is 25.3 Å². The SMILES string of the molecule is CCCNC(=O)[C@H](Cc1ccccc1)N(Cc1ccc(Br)cc1)C(=O)CSCc1cc(C)cc(C)c1. The predicted octanol–water partition coefficient (Wildman–Crippen LogP) is 6.47. The summed E-state index contributed by atoms with van der Waals surface area (Å²) < 4.78 is 0.981. The molecule has 3 rings (SSSR count). The summed E-state index contributed by atoms with van der Waals surface area (Å²) in [6, 6.07) is 23.8. The Balaban J connectivity index is 1.83. The summed E-state index contributed by atoms with van der Waals surface area (Å²) in [6.07, 6.45) is 1.32. The molecule has 0 spiro atoms. The summed E-state index contributed by atoms with van der Waals surface area (Å²) in [4.78, 5) is 28.8. The molecule has 2 amide bonds. The van der Waals surface area contributed by atoms with Crippen LogP contribution in [0.4, 0.5) is 0 Å². The minimum atomic E-state index is -0.586. The van der Waals surface area contributed by atoms with Gasteiger partial charge in [0.1, 0.15) is 6.04 Å². The van der Waals surface area contributed by atoms with E-state index in [0.717, 1.165) is 27.8 Å². The number of hydrogen-bond donors (Lipinski definition) is 1. The molecule has 0 saturated heterocycles. The minimum absolute atomic E-state index is 0.0279. The van der Waals surface area contributed by atoms with Crippen LogP contribution in [0.3, 0.4) is 0 Å². The maximum atomic E-state index is 13.7. The van der Waals surface area contributed by atoms with Crippen molar-refractivity contribution in [2.24, 2.45) is 0 Å². The number of thioether (sulfide) groups is 1. The fourth-order valence-electron chi connectivity index (χ4n) is 4.20. The second-order valence-electron chi connectivity index (χ2n) is 9.13. The number of hydrogen-bond acceptors (Lipinski definition) is 3. The monoisotopic (exact) mass is 566 g/mol. The van der Waals surface area contributed by atoms with Crippen molar-refractivity contribution < 1.29 is 9.59 Å². The quantitative estimate of drug-likeness (QED) is 0.273. The van der Waals surface area contributed by atoms with Crippen LogP contribution in [0, 0.1) is 13.8 Å². The highest BCUT2D eigenvalue weighted by Crippen LogP contribution is 2.20. The molecule has 0 aliphatic rings. The van der Waals surface area contributed by atoms with E-state index in [9.17, 15) is 9.59 Å². The molecule has 0 bridgehead atoms. The van der Waals surface area contributed by atoms with E-state index in [1.165, 1.54) is 16.7 Å². The fraction of sp³-hybridized carbons (Fsp3) is 0.333. The Hall–Kier alpha value is -2.57. The molecule has 0 unspecified atom stereocenters. The summed E-state index contributed by atoms with van der Waals surface area (Å²) >= 11 is 5.08. The number of nitrogens with zero attached hydrogens (tertiary/aromatic N) is 1. The van der Waals surface area contributed by atoms with Crippen molar-refractivity contribution in [2.75, 3.05) is 12.3 Å². The van der Waals surface area contributed by atoms with Crippen LogP contribution in [0.25, 0.3) is 0 Å². The van der Waals surface area contributed by atoms with Crippen LogP contribution < -0.4 is 5.32 Å². The molecule has 1 N–H and O–H groups in total. The van der Waals surface area contributed by atoms with Crippen molar-refractivity contribution in [1.29, 1.82) is 0 Å². The molecular weight excluding hydrogens is 532 g/mol. The maximum absolute atomic E-state index is 13.7. The number of rotatable bonds is 12. The van der Waals surface area contributed by atoms with Gasteiger partial charge in [0.05, 0.1) is 5.75 Å². The van der Waals surface area contributed by atoms with Crippen LogP contribution in [-0.4, -0.2) is 35.1 Å². The Labute approximate surface area is 228 Å². The first-order valence-corrected chi connectivity index (χ1v) is 14.3. The first kappa shape index (κ1) is 28.0. The number of carbonyl (C=O) groups excluding carboxylic acids is 2. The van der Waals surface area contributed by atoms with Gasteiger partial charge in [-0.25, -0.2) is 0 Å². The maximum Gasteiger partial charge on any atom is 0.243 e. The van der Waals surface area contributed by atoms with Crippen LogP contribution >= 0.6 is 27.7 Å². The molecule has 190 valence electrons. The second-order valence-corrected chi connectivity index (χ2v) is 11.0. The predicted molar refractivity (Wildman–Crippen MR) is 154 cm³/mol. The Morgan fingerprint density at radius 3 is 2.22 bits per heavy atom. The van der Waals surface area contributed by atoms with Gasteiger partial charge >= 0.3 is 0 Å². The van der Waals surface area contributed by atoms with Gasteiger partial charge in [-0.15, -0.1) is 11.8 Å². The van der Waals surface area contributed by atoms with E-state index in [-0.39, 0.29) is 11.8 Å². The van der Waals surface area contributed by atoms with Crippen molar-refractivity contribution in [3.05, 3.63) is 105 Å². The molecule has 0 aliphatic heterocycles. The summed E-state index contributed by atoms with van der Waals surface area (Å²) in [5, 5.41) is 3.03. The van der Waals surface area contributed by atoms with Gasteiger partial charge in [0.25, 0.3) is 0 Å². The van der Waals surface area contributed by atoms with Gasteiger partial charge in [0, 0.05) is 29.7 Å². The van der Waals surface area contributed by atoms with E-state index in [1.54, 1.807) is 16.7 Å². The summed E-state index contributed by atoms with van der Waals surface area (Å²) in [6.45, 7) is 7.19. The van der Waals surface area contributed by atoms with Crippen LogP contribution in [0.1, 0.15) is 41.2 Å². The standard InChI is InChI=1S/C30H35BrN2O2S/c1-4-14-32-30(35)28(18-24-8-6-5-7-9-24)33(19-25-10-12-27(31)13-11-25)29(34)21-36-20-26-16-22(2)15-23(3)17-26/h5-13,15-17,28H,4,14,18-21H2,1-3H3,(H,32,35)/t28-/m0/s1. The van der Waals surface area contributed by atoms with Gasteiger partial charge in [-0.2, -0.15) is 0 Å². The Kier molecular flexibility index (Phi) is 11.1. The first-order valence-electron chi connectivity index (χ1n) is 12.4. The Morgan fingerprint density at radius 1 is 0.917 bits per heavy atom. The summed E-state index contributed by atoms with van der Waals surface area (Å²) in [5.41, 5.74) is 5.69. The minimum Gasteiger partial charge on any atom is -0.354 e. The smallest absolute Gasteiger partial charge is 0.243 e. The molecule has 0 radical (unpaired) electrons. The highest BCUT2D eigenvalue weighted by molar-refractivity contribution is 9.10. The third kappa shape index (κ3) is 8.82. The zero-order chi connectivity index (χ0) is 25.9. The lowest BCUT2D eigenvalue weighted by molar-refractivity contribution is -0.139. The number of halogens is 1. The van der Waals surface area contributed by atoms with Crippen molar-refractivity contribution >= 4 is 39.5 Å². The largest absolute Gasteiger partial charge is 0.354 e. The number of carbonyl (C=O) groups is 2. The zero-order valence-corrected chi connectivity index (χ0v) is 23.7. The molecule has 0 saturated carbocycles. The van der Waals surface area contributed by atoms with Crippen molar-refractivity contribution in [2.45, 2.75) is 52.0 Å². The second kappa shape index (κ2) is 14.2. The van der Waals surface area contributed by atoms with Gasteiger partial charge < -0.3 is 10.2 Å². The average molecular weight is 568 g/mol. The van der Waals surface area contributed by atoms with Gasteiger partial charge in [-0.05, 0) is 49.1 Å². The third-order valence-corrected chi connectivity index (χ3v) is 7.38. The molecule has 0 aromatic heterocycles. The first-order chi connectivity index (χ1) is 17.4. The lowest BCUT2D eigenvalue weighted by Gasteiger charge is -2.31. The highest BCUT2D eigenvalue weighted by atomic mass is 79.9. The molecule has 0 fully saturated rings. The van der Waals surface area contributed by atoms with Crippen molar-refractivity contribution in [1.82, 2.24) is 10.2 Å². The Bertz CT molecular complexity index is 1120. The van der Waals surface area contributed by atoms with Crippen molar-refractivity contribution in [3.63, 3.8) is 0 Å². The van der Waals surface area contributed by atoms with Crippen LogP contribution in [0.15, 0.2) is 77.3 Å². The van der Waals surface area contributed by atoms with Crippen LogP contribution in [-0.2, 0) is 28.3 Å². The van der Waals surface area contributed by atoms with Crippen LogP contribution in [0.2, 0.25) is 0 Å².